The van der Waals surface area contributed by atoms with Crippen LogP contribution in [0.4, 0.5) is 5.69 Å². The lowest BCUT2D eigenvalue weighted by atomic mass is 10.0. The molecule has 2 aliphatic rings. The monoisotopic (exact) mass is 510 g/mol. The molecule has 0 unspecified atom stereocenters. The molecule has 180 valence electrons. The average molecular weight is 511 g/mol. The fraction of sp³-hybridized carbons (Fsp3) is 0.222. The van der Waals surface area contributed by atoms with Gasteiger partial charge in [-0.05, 0) is 60.2 Å². The van der Waals surface area contributed by atoms with Crippen LogP contribution in [0.25, 0.3) is 6.08 Å². The first-order chi connectivity index (χ1) is 16.9. The number of nitrogens with zero attached hydrogens (tertiary/aromatic N) is 2. The van der Waals surface area contributed by atoms with Crippen LogP contribution in [0.15, 0.2) is 60.4 Å². The van der Waals surface area contributed by atoms with Gasteiger partial charge in [0.15, 0.2) is 5.76 Å². The second-order valence-corrected chi connectivity index (χ2v) is 9.33. The summed E-state index contributed by atoms with van der Waals surface area (Å²) < 4.78 is 11.2. The van der Waals surface area contributed by atoms with Gasteiger partial charge in [0.2, 0.25) is 5.78 Å². The maximum Gasteiger partial charge on any atom is 0.231 e. The van der Waals surface area contributed by atoms with Gasteiger partial charge in [0.1, 0.15) is 17.2 Å². The maximum absolute atomic E-state index is 13.0. The number of piperazine rings is 1. The zero-order chi connectivity index (χ0) is 24.5. The Kier molecular flexibility index (Phi) is 6.60. The average Bonchev–Trinajstić information content (AvgIpc) is 3.19. The number of hydrogen-bond donors (Lipinski definition) is 1. The lowest BCUT2D eigenvalue weighted by Gasteiger charge is -2.36. The van der Waals surface area contributed by atoms with E-state index in [0.717, 1.165) is 37.6 Å². The van der Waals surface area contributed by atoms with Crippen LogP contribution in [0.2, 0.25) is 10.0 Å². The summed E-state index contributed by atoms with van der Waals surface area (Å²) in [5.74, 6) is 1.33. The molecule has 2 aliphatic heterocycles. The molecule has 0 atom stereocenters. The third-order valence-electron chi connectivity index (χ3n) is 6.35. The van der Waals surface area contributed by atoms with Crippen molar-refractivity contribution >= 4 is 40.7 Å². The quantitative estimate of drug-likeness (QED) is 0.447. The van der Waals surface area contributed by atoms with Crippen LogP contribution in [0.1, 0.15) is 21.5 Å². The molecular formula is C27H24Cl2N2O4. The van der Waals surface area contributed by atoms with E-state index in [1.165, 1.54) is 0 Å². The SMILES string of the molecule is COc1ccc(N2CCN(Cc3c(O)ccc4c3O/C(=C\c3ccc(Cl)c(Cl)c3)C4=O)CC2)cc1. The summed E-state index contributed by atoms with van der Waals surface area (Å²) in [5, 5.41) is 11.5. The lowest BCUT2D eigenvalue weighted by Crippen LogP contribution is -2.46. The van der Waals surface area contributed by atoms with Gasteiger partial charge in [-0.3, -0.25) is 9.69 Å². The third kappa shape index (κ3) is 4.82. The number of halogens is 2. The van der Waals surface area contributed by atoms with Crippen molar-refractivity contribution in [3.63, 3.8) is 0 Å². The van der Waals surface area contributed by atoms with E-state index >= 15 is 0 Å². The Balaban J connectivity index is 1.31. The van der Waals surface area contributed by atoms with Crippen molar-refractivity contribution in [3.05, 3.63) is 87.1 Å². The first-order valence-electron chi connectivity index (χ1n) is 11.3. The molecule has 8 heteroatoms. The van der Waals surface area contributed by atoms with E-state index in [9.17, 15) is 9.90 Å². The van der Waals surface area contributed by atoms with Crippen LogP contribution in [0.3, 0.4) is 0 Å². The molecule has 6 nitrogen and oxygen atoms in total. The van der Waals surface area contributed by atoms with Crippen LogP contribution >= 0.6 is 23.2 Å². The molecule has 0 aliphatic carbocycles. The number of phenolic OH excluding ortho intramolecular Hbond substituents is 1. The Bertz CT molecular complexity index is 1300. The van der Waals surface area contributed by atoms with Crippen LogP contribution in [0, 0.1) is 0 Å². The van der Waals surface area contributed by atoms with E-state index in [4.69, 9.17) is 32.7 Å². The standard InChI is InChI=1S/C27H24Cl2N2O4/c1-34-19-5-3-18(4-6-19)31-12-10-30(11-13-31)16-21-24(32)9-7-20-26(33)25(35-27(20)21)15-17-2-8-22(28)23(29)14-17/h2-9,14-15,32H,10-13,16H2,1H3/b25-15-. The second-order valence-electron chi connectivity index (χ2n) is 8.51. The van der Waals surface area contributed by atoms with Crippen molar-refractivity contribution in [2.75, 3.05) is 38.2 Å². The molecule has 0 amide bonds. The summed E-state index contributed by atoms with van der Waals surface area (Å²) in [6.07, 6.45) is 1.64. The fourth-order valence-electron chi connectivity index (χ4n) is 4.38. The van der Waals surface area contributed by atoms with Gasteiger partial charge in [0, 0.05) is 38.4 Å². The Hall–Kier alpha value is -3.19. The summed E-state index contributed by atoms with van der Waals surface area (Å²) >= 11 is 12.1. The summed E-state index contributed by atoms with van der Waals surface area (Å²) in [4.78, 5) is 17.6. The summed E-state index contributed by atoms with van der Waals surface area (Å²) in [6, 6.07) is 16.3. The molecule has 2 heterocycles. The van der Waals surface area contributed by atoms with Crippen LogP contribution < -0.4 is 14.4 Å². The zero-order valence-electron chi connectivity index (χ0n) is 19.1. The van der Waals surface area contributed by atoms with Gasteiger partial charge in [-0.25, -0.2) is 0 Å². The summed E-state index contributed by atoms with van der Waals surface area (Å²) in [6.45, 7) is 3.82. The number of hydrogen-bond acceptors (Lipinski definition) is 6. The number of aromatic hydroxyl groups is 1. The van der Waals surface area contributed by atoms with Crippen molar-refractivity contribution in [3.8, 4) is 17.2 Å². The maximum atomic E-state index is 13.0. The highest BCUT2D eigenvalue weighted by Crippen LogP contribution is 2.40. The van der Waals surface area contributed by atoms with Crippen molar-refractivity contribution < 1.29 is 19.4 Å². The minimum absolute atomic E-state index is 0.116. The summed E-state index contributed by atoms with van der Waals surface area (Å²) in [7, 11) is 1.66. The number of carbonyl (C=O) groups excluding carboxylic acids is 1. The number of methoxy groups -OCH3 is 1. The predicted octanol–water partition coefficient (Wildman–Crippen LogP) is 5.65. The number of anilines is 1. The van der Waals surface area contributed by atoms with Crippen molar-refractivity contribution in [2.45, 2.75) is 6.54 Å². The molecule has 0 saturated carbocycles. The third-order valence-corrected chi connectivity index (χ3v) is 7.09. The number of benzene rings is 3. The summed E-state index contributed by atoms with van der Waals surface area (Å²) in [5.41, 5.74) is 2.92. The number of rotatable bonds is 5. The van der Waals surface area contributed by atoms with E-state index in [0.29, 0.717) is 39.0 Å². The second kappa shape index (κ2) is 9.82. The van der Waals surface area contributed by atoms with Crippen molar-refractivity contribution in [1.82, 2.24) is 4.90 Å². The molecule has 1 N–H and O–H groups in total. The first-order valence-corrected chi connectivity index (χ1v) is 12.0. The van der Waals surface area contributed by atoms with Gasteiger partial charge < -0.3 is 19.5 Å². The minimum atomic E-state index is -0.225. The number of allylic oxidation sites excluding steroid dienone is 1. The van der Waals surface area contributed by atoms with E-state index in [1.807, 2.05) is 12.1 Å². The Morgan fingerprint density at radius 2 is 1.74 bits per heavy atom. The van der Waals surface area contributed by atoms with Crippen LogP contribution in [0.5, 0.6) is 17.2 Å². The fourth-order valence-corrected chi connectivity index (χ4v) is 4.69. The highest BCUT2D eigenvalue weighted by atomic mass is 35.5. The Labute approximate surface area is 213 Å². The largest absolute Gasteiger partial charge is 0.507 e. The molecule has 35 heavy (non-hydrogen) atoms. The molecule has 3 aromatic rings. The molecule has 1 saturated heterocycles. The molecule has 0 aromatic heterocycles. The molecule has 3 aromatic carbocycles. The zero-order valence-corrected chi connectivity index (χ0v) is 20.6. The highest BCUT2D eigenvalue weighted by Gasteiger charge is 2.32. The Morgan fingerprint density at radius 1 is 1.00 bits per heavy atom. The van der Waals surface area contributed by atoms with Gasteiger partial charge in [-0.15, -0.1) is 0 Å². The van der Waals surface area contributed by atoms with E-state index in [1.54, 1.807) is 43.5 Å². The number of carbonyl (C=O) groups is 1. The van der Waals surface area contributed by atoms with E-state index in [2.05, 4.69) is 21.9 Å². The first kappa shape index (κ1) is 23.5. The Morgan fingerprint density at radius 3 is 2.43 bits per heavy atom. The molecule has 0 radical (unpaired) electrons. The molecule has 0 bridgehead atoms. The molecular weight excluding hydrogens is 487 g/mol. The smallest absolute Gasteiger partial charge is 0.231 e. The number of ether oxygens (including phenoxy) is 2. The predicted molar refractivity (Wildman–Crippen MR) is 138 cm³/mol. The molecule has 0 spiro atoms. The molecule has 5 rings (SSSR count). The van der Waals surface area contributed by atoms with Gasteiger partial charge in [-0.1, -0.05) is 29.3 Å². The normalized spacial score (nSPS) is 16.9. The van der Waals surface area contributed by atoms with E-state index < -0.39 is 0 Å². The number of fused-ring (bicyclic) bond motifs is 1. The van der Waals surface area contributed by atoms with E-state index in [-0.39, 0.29) is 17.3 Å². The van der Waals surface area contributed by atoms with Gasteiger partial charge in [0.25, 0.3) is 0 Å². The highest BCUT2D eigenvalue weighted by molar-refractivity contribution is 6.42. The number of ketones is 1. The topological polar surface area (TPSA) is 62.2 Å². The van der Waals surface area contributed by atoms with Gasteiger partial charge >= 0.3 is 0 Å². The van der Waals surface area contributed by atoms with Crippen molar-refractivity contribution in [2.24, 2.45) is 0 Å². The van der Waals surface area contributed by atoms with Crippen LogP contribution in [-0.4, -0.2) is 49.1 Å². The molecule has 1 fully saturated rings. The minimum Gasteiger partial charge on any atom is -0.507 e. The van der Waals surface area contributed by atoms with Crippen LogP contribution in [-0.2, 0) is 6.54 Å². The number of phenols is 1. The number of Topliss-reactive ketones (excluding diaryl/α,β-unsaturated/α-hetero) is 1. The van der Waals surface area contributed by atoms with Gasteiger partial charge in [0.05, 0.1) is 28.3 Å². The lowest BCUT2D eigenvalue weighted by molar-refractivity contribution is 0.101. The van der Waals surface area contributed by atoms with Crippen molar-refractivity contribution in [1.29, 1.82) is 0 Å². The van der Waals surface area contributed by atoms with Gasteiger partial charge in [-0.2, -0.15) is 0 Å².